The highest BCUT2D eigenvalue weighted by molar-refractivity contribution is 7.22. The Morgan fingerprint density at radius 2 is 2.23 bits per heavy atom. The zero-order valence-electron chi connectivity index (χ0n) is 7.00. The third-order valence-corrected chi connectivity index (χ3v) is 3.47. The fourth-order valence-electron chi connectivity index (χ4n) is 1.35. The van der Waals surface area contributed by atoms with Gasteiger partial charge >= 0.3 is 0 Å². The van der Waals surface area contributed by atoms with Crippen molar-refractivity contribution in [2.45, 2.75) is 6.92 Å². The molecule has 0 fully saturated rings. The number of aryl methyl sites for hydroxylation is 1. The van der Waals surface area contributed by atoms with Crippen LogP contribution in [-0.4, -0.2) is 6.29 Å². The quantitative estimate of drug-likeness (QED) is 0.657. The van der Waals surface area contributed by atoms with Crippen LogP contribution in [0.4, 0.5) is 0 Å². The average molecular weight is 211 g/mol. The lowest BCUT2D eigenvalue weighted by molar-refractivity contribution is 0.112. The molecule has 1 aromatic carbocycles. The van der Waals surface area contributed by atoms with E-state index in [0.29, 0.717) is 0 Å². The molecule has 2 aromatic rings. The maximum atomic E-state index is 10.6. The third-order valence-electron chi connectivity index (χ3n) is 2.07. The van der Waals surface area contributed by atoms with Crippen molar-refractivity contribution in [3.05, 3.63) is 33.7 Å². The van der Waals surface area contributed by atoms with Crippen molar-refractivity contribution in [2.24, 2.45) is 0 Å². The van der Waals surface area contributed by atoms with E-state index in [2.05, 4.69) is 0 Å². The fourth-order valence-corrected chi connectivity index (χ4v) is 2.60. The zero-order chi connectivity index (χ0) is 9.42. The second-order valence-electron chi connectivity index (χ2n) is 2.87. The second kappa shape index (κ2) is 3.13. The molecule has 0 atom stereocenters. The predicted molar refractivity (Wildman–Crippen MR) is 57.0 cm³/mol. The van der Waals surface area contributed by atoms with E-state index in [1.165, 1.54) is 11.3 Å². The van der Waals surface area contributed by atoms with E-state index in [1.807, 2.05) is 25.1 Å². The molecule has 0 aliphatic heterocycles. The standard InChI is InChI=1S/C10H7ClOS/c1-6-8(5-12)3-2-7-4-9(11)13-10(6)7/h2-5H,1H3. The predicted octanol–water partition coefficient (Wildman–Crippen LogP) is 3.68. The largest absolute Gasteiger partial charge is 0.298 e. The molecular weight excluding hydrogens is 204 g/mol. The molecule has 0 aliphatic rings. The number of carbonyl (C=O) groups is 1. The summed E-state index contributed by atoms with van der Waals surface area (Å²) in [5, 5.41) is 1.11. The van der Waals surface area contributed by atoms with E-state index in [1.54, 1.807) is 0 Å². The number of benzene rings is 1. The van der Waals surface area contributed by atoms with E-state index in [0.717, 1.165) is 31.8 Å². The SMILES string of the molecule is Cc1c(C=O)ccc2cc(Cl)sc12. The minimum absolute atomic E-state index is 0.742. The van der Waals surface area contributed by atoms with Crippen LogP contribution in [0.2, 0.25) is 4.34 Å². The van der Waals surface area contributed by atoms with E-state index in [4.69, 9.17) is 11.6 Å². The Labute approximate surface area is 84.9 Å². The number of carbonyl (C=O) groups excluding carboxylic acids is 1. The van der Waals surface area contributed by atoms with Crippen LogP contribution in [0.15, 0.2) is 18.2 Å². The molecule has 0 N–H and O–H groups in total. The summed E-state index contributed by atoms with van der Waals surface area (Å²) in [4.78, 5) is 10.6. The Morgan fingerprint density at radius 1 is 1.46 bits per heavy atom. The van der Waals surface area contributed by atoms with Crippen LogP contribution in [0.5, 0.6) is 0 Å². The molecule has 0 bridgehead atoms. The normalized spacial score (nSPS) is 10.6. The Kier molecular flexibility index (Phi) is 2.10. The third kappa shape index (κ3) is 1.36. The monoisotopic (exact) mass is 210 g/mol. The minimum Gasteiger partial charge on any atom is -0.298 e. The van der Waals surface area contributed by atoms with Gasteiger partial charge in [-0.2, -0.15) is 0 Å². The highest BCUT2D eigenvalue weighted by atomic mass is 35.5. The first-order valence-corrected chi connectivity index (χ1v) is 5.05. The van der Waals surface area contributed by atoms with Crippen LogP contribution in [0.25, 0.3) is 10.1 Å². The lowest BCUT2D eigenvalue weighted by Crippen LogP contribution is -1.84. The summed E-state index contributed by atoms with van der Waals surface area (Å²) in [6.07, 6.45) is 0.877. The van der Waals surface area contributed by atoms with Gasteiger partial charge in [-0.05, 0) is 23.9 Å². The summed E-state index contributed by atoms with van der Waals surface area (Å²) in [7, 11) is 0. The summed E-state index contributed by atoms with van der Waals surface area (Å²) in [5.74, 6) is 0. The summed E-state index contributed by atoms with van der Waals surface area (Å²) < 4.78 is 1.87. The van der Waals surface area contributed by atoms with Crippen LogP contribution in [-0.2, 0) is 0 Å². The van der Waals surface area contributed by atoms with E-state index in [9.17, 15) is 4.79 Å². The van der Waals surface area contributed by atoms with Crippen molar-refractivity contribution in [2.75, 3.05) is 0 Å². The number of rotatable bonds is 1. The first kappa shape index (κ1) is 8.73. The number of thiophene rings is 1. The van der Waals surface area contributed by atoms with Crippen LogP contribution >= 0.6 is 22.9 Å². The van der Waals surface area contributed by atoms with Crippen LogP contribution in [0.3, 0.4) is 0 Å². The first-order chi connectivity index (χ1) is 6.22. The maximum absolute atomic E-state index is 10.6. The molecule has 1 aromatic heterocycles. The Balaban J connectivity index is 2.85. The average Bonchev–Trinajstić information content (AvgIpc) is 2.47. The number of aldehydes is 1. The maximum Gasteiger partial charge on any atom is 0.150 e. The van der Waals surface area contributed by atoms with Gasteiger partial charge in [-0.25, -0.2) is 0 Å². The fraction of sp³-hybridized carbons (Fsp3) is 0.100. The molecule has 66 valence electrons. The summed E-state index contributed by atoms with van der Waals surface area (Å²) in [5.41, 5.74) is 1.76. The topological polar surface area (TPSA) is 17.1 Å². The lowest BCUT2D eigenvalue weighted by atomic mass is 10.1. The second-order valence-corrected chi connectivity index (χ2v) is 4.55. The number of halogens is 1. The Bertz CT molecular complexity index is 473. The highest BCUT2D eigenvalue weighted by Gasteiger charge is 2.05. The van der Waals surface area contributed by atoms with Gasteiger partial charge in [0.15, 0.2) is 0 Å². The molecule has 13 heavy (non-hydrogen) atoms. The molecule has 1 nitrogen and oxygen atoms in total. The van der Waals surface area contributed by atoms with Gasteiger partial charge in [0, 0.05) is 10.3 Å². The molecule has 0 saturated heterocycles. The highest BCUT2D eigenvalue weighted by Crippen LogP contribution is 2.32. The number of fused-ring (bicyclic) bond motifs is 1. The summed E-state index contributed by atoms with van der Waals surface area (Å²) in [6, 6.07) is 5.67. The van der Waals surface area contributed by atoms with Gasteiger partial charge < -0.3 is 0 Å². The van der Waals surface area contributed by atoms with Crippen molar-refractivity contribution in [1.82, 2.24) is 0 Å². The van der Waals surface area contributed by atoms with Crippen molar-refractivity contribution in [1.29, 1.82) is 0 Å². The number of hydrogen-bond acceptors (Lipinski definition) is 2. The summed E-state index contributed by atoms with van der Waals surface area (Å²) >= 11 is 7.40. The molecule has 0 unspecified atom stereocenters. The van der Waals surface area contributed by atoms with Gasteiger partial charge in [0.2, 0.25) is 0 Å². The molecule has 0 aliphatic carbocycles. The molecule has 0 spiro atoms. The van der Waals surface area contributed by atoms with Crippen molar-refractivity contribution >= 4 is 39.3 Å². The molecular formula is C10H7ClOS. The molecule has 3 heteroatoms. The van der Waals surface area contributed by atoms with Crippen molar-refractivity contribution < 1.29 is 4.79 Å². The molecule has 2 rings (SSSR count). The van der Waals surface area contributed by atoms with Gasteiger partial charge in [0.05, 0.1) is 4.34 Å². The van der Waals surface area contributed by atoms with Crippen LogP contribution in [0.1, 0.15) is 15.9 Å². The van der Waals surface area contributed by atoms with Gasteiger partial charge in [0.1, 0.15) is 6.29 Å². The lowest BCUT2D eigenvalue weighted by Gasteiger charge is -1.98. The molecule has 1 heterocycles. The first-order valence-electron chi connectivity index (χ1n) is 3.86. The van der Waals surface area contributed by atoms with E-state index < -0.39 is 0 Å². The Hall–Kier alpha value is -0.860. The van der Waals surface area contributed by atoms with Gasteiger partial charge in [-0.15, -0.1) is 11.3 Å². The zero-order valence-corrected chi connectivity index (χ0v) is 8.58. The molecule has 0 saturated carbocycles. The van der Waals surface area contributed by atoms with Crippen LogP contribution in [0, 0.1) is 6.92 Å². The number of hydrogen-bond donors (Lipinski definition) is 0. The summed E-state index contributed by atoms with van der Waals surface area (Å²) in [6.45, 7) is 1.94. The Morgan fingerprint density at radius 3 is 2.92 bits per heavy atom. The van der Waals surface area contributed by atoms with Gasteiger partial charge in [-0.3, -0.25) is 4.79 Å². The molecule has 0 amide bonds. The van der Waals surface area contributed by atoms with Crippen molar-refractivity contribution in [3.63, 3.8) is 0 Å². The van der Waals surface area contributed by atoms with Crippen molar-refractivity contribution in [3.8, 4) is 0 Å². The van der Waals surface area contributed by atoms with Gasteiger partial charge in [0.25, 0.3) is 0 Å². The minimum atomic E-state index is 0.742. The van der Waals surface area contributed by atoms with E-state index in [-0.39, 0.29) is 0 Å². The smallest absolute Gasteiger partial charge is 0.150 e. The van der Waals surface area contributed by atoms with Gasteiger partial charge in [-0.1, -0.05) is 23.7 Å². The van der Waals surface area contributed by atoms with Crippen LogP contribution < -0.4 is 0 Å². The van der Waals surface area contributed by atoms with E-state index >= 15 is 0 Å². The molecule has 0 radical (unpaired) electrons.